The van der Waals surface area contributed by atoms with Gasteiger partial charge in [0, 0.05) is 19.0 Å². The molecule has 0 saturated heterocycles. The van der Waals surface area contributed by atoms with Crippen molar-refractivity contribution in [1.29, 1.82) is 0 Å². The van der Waals surface area contributed by atoms with E-state index in [-0.39, 0.29) is 24.9 Å². The summed E-state index contributed by atoms with van der Waals surface area (Å²) in [4.78, 5) is 33.4. The number of urea groups is 1. The van der Waals surface area contributed by atoms with Gasteiger partial charge < -0.3 is 21.1 Å². The van der Waals surface area contributed by atoms with E-state index in [2.05, 4.69) is 16.0 Å². The lowest BCUT2D eigenvalue weighted by atomic mass is 9.97. The molecule has 1 aliphatic rings. The maximum Gasteiger partial charge on any atom is 0.315 e. The number of hydrogen-bond donors (Lipinski definition) is 4. The monoisotopic (exact) mass is 299 g/mol. The van der Waals surface area contributed by atoms with Crippen LogP contribution in [0.4, 0.5) is 4.79 Å². The molecule has 1 unspecified atom stereocenters. The van der Waals surface area contributed by atoms with E-state index in [9.17, 15) is 14.4 Å². The Morgan fingerprint density at radius 2 is 1.90 bits per heavy atom. The summed E-state index contributed by atoms with van der Waals surface area (Å²) in [5.41, 5.74) is 0. The van der Waals surface area contributed by atoms with Gasteiger partial charge in [0.25, 0.3) is 0 Å². The van der Waals surface area contributed by atoms with Crippen LogP contribution in [0, 0.1) is 5.92 Å². The van der Waals surface area contributed by atoms with Crippen LogP contribution in [0.1, 0.15) is 45.4 Å². The van der Waals surface area contributed by atoms with E-state index in [0.717, 1.165) is 25.7 Å². The smallest absolute Gasteiger partial charge is 0.315 e. The second kappa shape index (κ2) is 9.20. The Kier molecular flexibility index (Phi) is 7.56. The maximum atomic E-state index is 11.5. The standard InChI is InChI=1S/C14H25N3O4/c1-2-10(3-6-13(19)20)7-8-15-14(21)16-9-12(18)17-11-4-5-11/h10-11H,2-9H2,1H3,(H,17,18)(H,19,20)(H2,15,16,21). The van der Waals surface area contributed by atoms with Gasteiger partial charge in [-0.25, -0.2) is 4.79 Å². The highest BCUT2D eigenvalue weighted by molar-refractivity contribution is 5.84. The Morgan fingerprint density at radius 3 is 2.48 bits per heavy atom. The van der Waals surface area contributed by atoms with E-state index in [0.29, 0.717) is 24.9 Å². The molecule has 1 aliphatic carbocycles. The zero-order valence-corrected chi connectivity index (χ0v) is 12.5. The number of hydrogen-bond acceptors (Lipinski definition) is 3. The fraction of sp³-hybridized carbons (Fsp3) is 0.786. The molecule has 0 bridgehead atoms. The molecule has 1 fully saturated rings. The average Bonchev–Trinajstić information content (AvgIpc) is 3.24. The van der Waals surface area contributed by atoms with Crippen molar-refractivity contribution < 1.29 is 19.5 Å². The van der Waals surface area contributed by atoms with Crippen molar-refractivity contribution in [3.63, 3.8) is 0 Å². The Hall–Kier alpha value is -1.79. The van der Waals surface area contributed by atoms with Crippen LogP contribution >= 0.6 is 0 Å². The molecule has 0 spiro atoms. The van der Waals surface area contributed by atoms with Crippen LogP contribution in [0.2, 0.25) is 0 Å². The van der Waals surface area contributed by atoms with Gasteiger partial charge >= 0.3 is 12.0 Å². The van der Waals surface area contributed by atoms with Gasteiger partial charge in [-0.15, -0.1) is 0 Å². The first-order chi connectivity index (χ1) is 10.0. The van der Waals surface area contributed by atoms with Gasteiger partial charge in [0.2, 0.25) is 5.91 Å². The Morgan fingerprint density at radius 1 is 1.19 bits per heavy atom. The molecule has 0 radical (unpaired) electrons. The lowest BCUT2D eigenvalue weighted by Gasteiger charge is -2.14. The van der Waals surface area contributed by atoms with E-state index >= 15 is 0 Å². The number of amides is 3. The average molecular weight is 299 g/mol. The highest BCUT2D eigenvalue weighted by atomic mass is 16.4. The first-order valence-electron chi connectivity index (χ1n) is 7.54. The number of rotatable bonds is 10. The molecule has 0 aromatic heterocycles. The molecule has 7 nitrogen and oxygen atoms in total. The summed E-state index contributed by atoms with van der Waals surface area (Å²) in [6, 6.07) is -0.0732. The number of carboxylic acid groups (broad SMARTS) is 1. The number of nitrogens with one attached hydrogen (secondary N) is 3. The Labute approximate surface area is 124 Å². The minimum atomic E-state index is -0.791. The third kappa shape index (κ3) is 8.88. The summed E-state index contributed by atoms with van der Waals surface area (Å²) in [5.74, 6) is -0.666. The quantitative estimate of drug-likeness (QED) is 0.479. The molecule has 1 rings (SSSR count). The van der Waals surface area contributed by atoms with Crippen LogP contribution in [0.3, 0.4) is 0 Å². The van der Waals surface area contributed by atoms with Crippen LogP contribution in [0.5, 0.6) is 0 Å². The summed E-state index contributed by atoms with van der Waals surface area (Å²) < 4.78 is 0. The lowest BCUT2D eigenvalue weighted by Crippen LogP contribution is -2.43. The van der Waals surface area contributed by atoms with Crippen LogP contribution < -0.4 is 16.0 Å². The van der Waals surface area contributed by atoms with E-state index in [1.807, 2.05) is 6.92 Å². The van der Waals surface area contributed by atoms with Crippen molar-refractivity contribution in [3.05, 3.63) is 0 Å². The van der Waals surface area contributed by atoms with Gasteiger partial charge in [-0.05, 0) is 31.6 Å². The first-order valence-corrected chi connectivity index (χ1v) is 7.54. The fourth-order valence-electron chi connectivity index (χ4n) is 2.00. The minimum Gasteiger partial charge on any atom is -0.481 e. The highest BCUT2D eigenvalue weighted by Gasteiger charge is 2.23. The van der Waals surface area contributed by atoms with Crippen molar-refractivity contribution in [2.45, 2.75) is 51.5 Å². The SMILES string of the molecule is CCC(CCNC(=O)NCC(=O)NC1CC1)CCC(=O)O. The zero-order chi connectivity index (χ0) is 15.7. The molecule has 7 heteroatoms. The summed E-state index contributed by atoms with van der Waals surface area (Å²) >= 11 is 0. The molecular formula is C14H25N3O4. The molecule has 3 amide bonds. The molecule has 0 aromatic carbocycles. The molecule has 0 aromatic rings. The topological polar surface area (TPSA) is 108 Å². The molecule has 0 aliphatic heterocycles. The van der Waals surface area contributed by atoms with Crippen molar-refractivity contribution >= 4 is 17.9 Å². The number of carbonyl (C=O) groups excluding carboxylic acids is 2. The van der Waals surface area contributed by atoms with Crippen LogP contribution in [-0.4, -0.2) is 42.1 Å². The zero-order valence-electron chi connectivity index (χ0n) is 12.5. The minimum absolute atomic E-state index is 0.0153. The van der Waals surface area contributed by atoms with Crippen LogP contribution in [0.25, 0.3) is 0 Å². The van der Waals surface area contributed by atoms with Gasteiger partial charge in [0.15, 0.2) is 0 Å². The second-order valence-corrected chi connectivity index (χ2v) is 5.45. The van der Waals surface area contributed by atoms with Crippen molar-refractivity contribution in [3.8, 4) is 0 Å². The highest BCUT2D eigenvalue weighted by Crippen LogP contribution is 2.18. The third-order valence-electron chi connectivity index (χ3n) is 3.53. The lowest BCUT2D eigenvalue weighted by molar-refractivity contribution is -0.137. The summed E-state index contributed by atoms with van der Waals surface area (Å²) in [6.45, 7) is 2.47. The predicted octanol–water partition coefficient (Wildman–Crippen LogP) is 0.845. The van der Waals surface area contributed by atoms with Gasteiger partial charge in [-0.2, -0.15) is 0 Å². The number of carbonyl (C=O) groups is 3. The van der Waals surface area contributed by atoms with Crippen molar-refractivity contribution in [1.82, 2.24) is 16.0 Å². The van der Waals surface area contributed by atoms with Crippen molar-refractivity contribution in [2.24, 2.45) is 5.92 Å². The van der Waals surface area contributed by atoms with Gasteiger partial charge in [-0.1, -0.05) is 13.3 Å². The summed E-state index contributed by atoms with van der Waals surface area (Å²) in [6.07, 6.45) is 4.45. The molecular weight excluding hydrogens is 274 g/mol. The normalized spacial score (nSPS) is 15.1. The summed E-state index contributed by atoms with van der Waals surface area (Å²) in [5, 5.41) is 16.6. The van der Waals surface area contributed by atoms with Crippen molar-refractivity contribution in [2.75, 3.05) is 13.1 Å². The predicted molar refractivity (Wildman–Crippen MR) is 77.8 cm³/mol. The largest absolute Gasteiger partial charge is 0.481 e. The number of aliphatic carboxylic acids is 1. The fourth-order valence-corrected chi connectivity index (χ4v) is 2.00. The van der Waals surface area contributed by atoms with Gasteiger partial charge in [0.05, 0.1) is 6.54 Å². The third-order valence-corrected chi connectivity index (χ3v) is 3.53. The first kappa shape index (κ1) is 17.3. The van der Waals surface area contributed by atoms with E-state index in [1.54, 1.807) is 0 Å². The maximum absolute atomic E-state index is 11.5. The molecule has 1 saturated carbocycles. The Bertz CT molecular complexity index is 369. The molecule has 120 valence electrons. The van der Waals surface area contributed by atoms with Crippen LogP contribution in [0.15, 0.2) is 0 Å². The molecule has 4 N–H and O–H groups in total. The van der Waals surface area contributed by atoms with Crippen LogP contribution in [-0.2, 0) is 9.59 Å². The van der Waals surface area contributed by atoms with Gasteiger partial charge in [-0.3, -0.25) is 9.59 Å². The van der Waals surface area contributed by atoms with E-state index in [1.165, 1.54) is 0 Å². The molecule has 1 atom stereocenters. The second-order valence-electron chi connectivity index (χ2n) is 5.45. The van der Waals surface area contributed by atoms with E-state index < -0.39 is 5.97 Å². The number of carboxylic acids is 1. The van der Waals surface area contributed by atoms with Gasteiger partial charge in [0.1, 0.15) is 0 Å². The van der Waals surface area contributed by atoms with E-state index in [4.69, 9.17) is 5.11 Å². The molecule has 0 heterocycles. The summed E-state index contributed by atoms with van der Waals surface area (Å²) in [7, 11) is 0. The Balaban J connectivity index is 2.05. The molecule has 21 heavy (non-hydrogen) atoms.